The maximum absolute atomic E-state index is 13.2. The molecule has 6 rings (SSSR count). The van der Waals surface area contributed by atoms with Crippen LogP contribution in [-0.4, -0.2) is 33.5 Å². The minimum atomic E-state index is -0.132. The Morgan fingerprint density at radius 3 is 2.91 bits per heavy atom. The molecule has 0 unspecified atom stereocenters. The average molecular weight is 425 g/mol. The number of aryl methyl sites for hydroxylation is 1. The second-order valence-corrected chi connectivity index (χ2v) is 8.62. The van der Waals surface area contributed by atoms with Crippen LogP contribution in [0.4, 0.5) is 0 Å². The van der Waals surface area contributed by atoms with Crippen LogP contribution in [-0.2, 0) is 17.6 Å². The average Bonchev–Trinajstić information content (AvgIpc) is 3.44. The van der Waals surface area contributed by atoms with Crippen molar-refractivity contribution in [1.29, 1.82) is 0 Å². The number of rotatable bonds is 4. The molecule has 2 aromatic heterocycles. The zero-order valence-electron chi connectivity index (χ0n) is 17.7. The van der Waals surface area contributed by atoms with E-state index in [1.807, 2.05) is 18.2 Å². The fourth-order valence-corrected chi connectivity index (χ4v) is 5.13. The number of para-hydroxylation sites is 2. The van der Waals surface area contributed by atoms with E-state index in [1.165, 1.54) is 17.3 Å². The Bertz CT molecular complexity index is 1300. The SMILES string of the molecule is O=C(NC[C@H]1Cc2cccc(-c3cncnc3)c2O1)[C@H]1CCCc2c1[nH]c1ccccc21. The molecule has 2 aromatic carbocycles. The van der Waals surface area contributed by atoms with Gasteiger partial charge in [0.05, 0.1) is 12.5 Å². The van der Waals surface area contributed by atoms with Crippen molar-refractivity contribution in [3.63, 3.8) is 0 Å². The van der Waals surface area contributed by atoms with Crippen LogP contribution in [0.3, 0.4) is 0 Å². The lowest BCUT2D eigenvalue weighted by Crippen LogP contribution is -2.38. The highest BCUT2D eigenvalue weighted by atomic mass is 16.5. The monoisotopic (exact) mass is 424 g/mol. The van der Waals surface area contributed by atoms with Gasteiger partial charge in [-0.05, 0) is 36.5 Å². The fourth-order valence-electron chi connectivity index (χ4n) is 5.13. The van der Waals surface area contributed by atoms with Crippen molar-refractivity contribution in [1.82, 2.24) is 20.3 Å². The van der Waals surface area contributed by atoms with Crippen molar-refractivity contribution in [2.75, 3.05) is 6.54 Å². The Labute approximate surface area is 186 Å². The Kier molecular flexibility index (Phi) is 4.63. The van der Waals surface area contributed by atoms with Crippen LogP contribution >= 0.6 is 0 Å². The summed E-state index contributed by atoms with van der Waals surface area (Å²) >= 11 is 0. The summed E-state index contributed by atoms with van der Waals surface area (Å²) in [7, 11) is 0. The number of H-pyrrole nitrogens is 1. The van der Waals surface area contributed by atoms with Gasteiger partial charge in [-0.2, -0.15) is 0 Å². The first-order valence-electron chi connectivity index (χ1n) is 11.2. The number of aromatic nitrogens is 3. The minimum Gasteiger partial charge on any atom is -0.487 e. The summed E-state index contributed by atoms with van der Waals surface area (Å²) < 4.78 is 6.27. The van der Waals surface area contributed by atoms with E-state index < -0.39 is 0 Å². The van der Waals surface area contributed by atoms with E-state index in [1.54, 1.807) is 12.4 Å². The lowest BCUT2D eigenvalue weighted by molar-refractivity contribution is -0.123. The number of ether oxygens (including phenoxy) is 1. The Balaban J connectivity index is 1.17. The van der Waals surface area contributed by atoms with Gasteiger partial charge >= 0.3 is 0 Å². The van der Waals surface area contributed by atoms with Gasteiger partial charge in [0.25, 0.3) is 0 Å². The van der Waals surface area contributed by atoms with Gasteiger partial charge in [0.2, 0.25) is 5.91 Å². The van der Waals surface area contributed by atoms with Crippen molar-refractivity contribution in [2.24, 2.45) is 0 Å². The molecule has 2 atom stereocenters. The number of carbonyl (C=O) groups excluding carboxylic acids is 1. The molecule has 2 aliphatic rings. The molecule has 6 heteroatoms. The standard InChI is InChI=1S/C26H24N4O2/c31-26(22-9-4-8-21-20-6-1-2-10-23(20)30-24(21)22)29-14-18-11-16-5-3-7-19(25(16)32-18)17-12-27-15-28-13-17/h1-3,5-7,10,12-13,15,18,22,30H,4,8-9,11,14H2,(H,29,31)/t18-,22+/m1/s1. The summed E-state index contributed by atoms with van der Waals surface area (Å²) in [5.41, 5.74) is 6.57. The summed E-state index contributed by atoms with van der Waals surface area (Å²) in [6.07, 6.45) is 8.73. The molecular weight excluding hydrogens is 400 g/mol. The third-order valence-corrected chi connectivity index (χ3v) is 6.64. The van der Waals surface area contributed by atoms with E-state index in [9.17, 15) is 4.79 Å². The van der Waals surface area contributed by atoms with Gasteiger partial charge in [0, 0.05) is 46.5 Å². The van der Waals surface area contributed by atoms with Crippen LogP contribution in [0.15, 0.2) is 61.2 Å². The molecule has 0 fully saturated rings. The van der Waals surface area contributed by atoms with Gasteiger partial charge in [0.1, 0.15) is 18.2 Å². The summed E-state index contributed by atoms with van der Waals surface area (Å²) in [4.78, 5) is 24.9. The van der Waals surface area contributed by atoms with Gasteiger partial charge in [-0.25, -0.2) is 9.97 Å². The van der Waals surface area contributed by atoms with E-state index in [0.29, 0.717) is 6.54 Å². The number of fused-ring (bicyclic) bond motifs is 4. The molecule has 3 heterocycles. The summed E-state index contributed by atoms with van der Waals surface area (Å²) in [5, 5.41) is 4.41. The van der Waals surface area contributed by atoms with E-state index in [0.717, 1.165) is 59.3 Å². The van der Waals surface area contributed by atoms with Gasteiger partial charge in [0.15, 0.2) is 0 Å². The number of aromatic amines is 1. The Morgan fingerprint density at radius 1 is 1.12 bits per heavy atom. The normalized spacial score (nSPS) is 19.2. The highest BCUT2D eigenvalue weighted by Gasteiger charge is 2.31. The van der Waals surface area contributed by atoms with Crippen LogP contribution < -0.4 is 10.1 Å². The Morgan fingerprint density at radius 2 is 2.00 bits per heavy atom. The molecule has 0 saturated carbocycles. The molecule has 0 spiro atoms. The van der Waals surface area contributed by atoms with Crippen LogP contribution in [0, 0.1) is 0 Å². The van der Waals surface area contributed by atoms with Crippen LogP contribution in [0.25, 0.3) is 22.0 Å². The number of carbonyl (C=O) groups is 1. The molecule has 160 valence electrons. The first kappa shape index (κ1) is 19.0. The van der Waals surface area contributed by atoms with Crippen LogP contribution in [0.1, 0.15) is 35.6 Å². The molecule has 1 aliphatic heterocycles. The van der Waals surface area contributed by atoms with Crippen molar-refractivity contribution in [3.8, 4) is 16.9 Å². The highest BCUT2D eigenvalue weighted by molar-refractivity contribution is 5.90. The van der Waals surface area contributed by atoms with Gasteiger partial charge in [-0.1, -0.05) is 36.4 Å². The largest absolute Gasteiger partial charge is 0.487 e. The molecule has 1 amide bonds. The lowest BCUT2D eigenvalue weighted by atomic mass is 9.86. The van der Waals surface area contributed by atoms with Gasteiger partial charge in [-0.15, -0.1) is 0 Å². The van der Waals surface area contributed by atoms with Crippen molar-refractivity contribution in [3.05, 3.63) is 78.0 Å². The van der Waals surface area contributed by atoms with E-state index in [4.69, 9.17) is 4.74 Å². The van der Waals surface area contributed by atoms with Crippen molar-refractivity contribution in [2.45, 2.75) is 37.7 Å². The molecule has 1 aliphatic carbocycles. The number of hydrogen-bond acceptors (Lipinski definition) is 4. The number of hydrogen-bond donors (Lipinski definition) is 2. The molecular formula is C26H24N4O2. The number of nitrogens with zero attached hydrogens (tertiary/aromatic N) is 2. The summed E-state index contributed by atoms with van der Waals surface area (Å²) in [6.45, 7) is 0.490. The summed E-state index contributed by atoms with van der Waals surface area (Å²) in [5.74, 6) is 0.817. The first-order chi connectivity index (χ1) is 15.8. The zero-order valence-corrected chi connectivity index (χ0v) is 17.7. The third kappa shape index (κ3) is 3.23. The minimum absolute atomic E-state index is 0.0775. The topological polar surface area (TPSA) is 79.9 Å². The smallest absolute Gasteiger partial charge is 0.229 e. The number of benzene rings is 2. The van der Waals surface area contributed by atoms with Crippen LogP contribution in [0.5, 0.6) is 5.75 Å². The van der Waals surface area contributed by atoms with E-state index in [-0.39, 0.29) is 17.9 Å². The fraction of sp³-hybridized carbons (Fsp3) is 0.269. The molecule has 4 aromatic rings. The van der Waals surface area contributed by atoms with Crippen molar-refractivity contribution < 1.29 is 9.53 Å². The molecule has 6 nitrogen and oxygen atoms in total. The zero-order chi connectivity index (χ0) is 21.5. The second kappa shape index (κ2) is 7.79. The molecule has 2 N–H and O–H groups in total. The van der Waals surface area contributed by atoms with Crippen LogP contribution in [0.2, 0.25) is 0 Å². The van der Waals surface area contributed by atoms with Gasteiger partial charge < -0.3 is 15.0 Å². The predicted molar refractivity (Wildman–Crippen MR) is 123 cm³/mol. The lowest BCUT2D eigenvalue weighted by Gasteiger charge is -2.23. The molecule has 0 bridgehead atoms. The molecule has 32 heavy (non-hydrogen) atoms. The van der Waals surface area contributed by atoms with E-state index >= 15 is 0 Å². The molecule has 0 saturated heterocycles. The third-order valence-electron chi connectivity index (χ3n) is 6.64. The van der Waals surface area contributed by atoms with Crippen molar-refractivity contribution >= 4 is 16.8 Å². The Hall–Kier alpha value is -3.67. The number of nitrogens with one attached hydrogen (secondary N) is 2. The predicted octanol–water partition coefficient (Wildman–Crippen LogP) is 4.16. The molecule has 0 radical (unpaired) electrons. The highest BCUT2D eigenvalue weighted by Crippen LogP contribution is 2.39. The van der Waals surface area contributed by atoms with E-state index in [2.05, 4.69) is 44.5 Å². The first-order valence-corrected chi connectivity index (χ1v) is 11.2. The second-order valence-electron chi connectivity index (χ2n) is 8.62. The van der Waals surface area contributed by atoms with Gasteiger partial charge in [-0.3, -0.25) is 4.79 Å². The summed E-state index contributed by atoms with van der Waals surface area (Å²) in [6, 6.07) is 14.5. The maximum Gasteiger partial charge on any atom is 0.229 e. The maximum atomic E-state index is 13.2. The quantitative estimate of drug-likeness (QED) is 0.515. The number of amides is 1.